The Morgan fingerprint density at radius 3 is 2.40 bits per heavy atom. The Bertz CT molecular complexity index is 123. The Kier molecular flexibility index (Phi) is 2.74. The predicted octanol–water partition coefficient (Wildman–Crippen LogP) is 0.502. The first-order chi connectivity index (χ1) is 4.79. The topological polar surface area (TPSA) is 40.5 Å². The van der Waals surface area contributed by atoms with Crippen molar-refractivity contribution in [3.63, 3.8) is 0 Å². The van der Waals surface area contributed by atoms with Crippen molar-refractivity contribution in [2.75, 3.05) is 13.1 Å². The van der Waals surface area contributed by atoms with Crippen molar-refractivity contribution in [2.45, 2.75) is 19.3 Å². The fourth-order valence-corrected chi connectivity index (χ4v) is 1.31. The second-order valence-electron chi connectivity index (χ2n) is 2.73. The van der Waals surface area contributed by atoms with Gasteiger partial charge in [0, 0.05) is 0 Å². The summed E-state index contributed by atoms with van der Waals surface area (Å²) >= 11 is 0. The van der Waals surface area contributed by atoms with Crippen LogP contribution in [0.3, 0.4) is 0 Å². The molecule has 0 radical (unpaired) electrons. The van der Waals surface area contributed by atoms with Gasteiger partial charge in [0.15, 0.2) is 0 Å². The number of piperidine rings is 1. The third-order valence-electron chi connectivity index (χ3n) is 1.81. The van der Waals surface area contributed by atoms with Crippen molar-refractivity contribution >= 4 is 13.3 Å². The van der Waals surface area contributed by atoms with Crippen LogP contribution < -0.4 is 0 Å². The lowest BCUT2D eigenvalue weighted by Gasteiger charge is -2.23. The van der Waals surface area contributed by atoms with E-state index in [1.54, 1.807) is 0 Å². The van der Waals surface area contributed by atoms with Gasteiger partial charge >= 0.3 is 7.41 Å². The first kappa shape index (κ1) is 7.60. The van der Waals surface area contributed by atoms with Crippen LogP contribution >= 0.6 is 0 Å². The van der Waals surface area contributed by atoms with E-state index in [2.05, 4.69) is 0 Å². The van der Waals surface area contributed by atoms with E-state index >= 15 is 0 Å². The van der Waals surface area contributed by atoms with Gasteiger partial charge in [-0.25, -0.2) is 0 Å². The molecule has 3 nitrogen and oxygen atoms in total. The van der Waals surface area contributed by atoms with Gasteiger partial charge in [-0.05, 0) is 25.9 Å². The van der Waals surface area contributed by atoms with Gasteiger partial charge in [-0.15, -0.1) is 0 Å². The van der Waals surface area contributed by atoms with E-state index in [9.17, 15) is 4.79 Å². The summed E-state index contributed by atoms with van der Waals surface area (Å²) in [5.74, 6) is -0.707. The van der Waals surface area contributed by atoms with Gasteiger partial charge in [0.05, 0.1) is 0 Å². The van der Waals surface area contributed by atoms with Crippen LogP contribution in [0.25, 0.3) is 0 Å². The van der Waals surface area contributed by atoms with Gasteiger partial charge in [-0.2, -0.15) is 0 Å². The lowest BCUT2D eigenvalue weighted by molar-refractivity contribution is 0.216. The Morgan fingerprint density at radius 2 is 1.90 bits per heavy atom. The van der Waals surface area contributed by atoms with Crippen molar-refractivity contribution in [2.24, 2.45) is 0 Å². The molecule has 1 aliphatic heterocycles. The highest BCUT2D eigenvalue weighted by molar-refractivity contribution is 6.69. The molecule has 0 bridgehead atoms. The molecule has 0 spiro atoms. The molecule has 56 valence electrons. The molecule has 0 amide bonds. The third kappa shape index (κ3) is 2.39. The van der Waals surface area contributed by atoms with Gasteiger partial charge < -0.3 is 9.92 Å². The van der Waals surface area contributed by atoms with Crippen LogP contribution in [0.4, 0.5) is 4.79 Å². The minimum Gasteiger partial charge on any atom is -0.488 e. The van der Waals surface area contributed by atoms with E-state index in [0.29, 0.717) is 0 Å². The van der Waals surface area contributed by atoms with Gasteiger partial charge in [-0.1, -0.05) is 6.42 Å². The first-order valence-electron chi connectivity index (χ1n) is 3.73. The highest BCUT2D eigenvalue weighted by Gasteiger charge is 2.14. The van der Waals surface area contributed by atoms with E-state index in [1.165, 1.54) is 6.42 Å². The second kappa shape index (κ2) is 3.61. The zero-order chi connectivity index (χ0) is 7.40. The molecular formula is C6H12BNO2. The molecule has 0 aliphatic carbocycles. The Labute approximate surface area is 61.3 Å². The molecule has 0 unspecified atom stereocenters. The monoisotopic (exact) mass is 141 g/mol. The quantitative estimate of drug-likeness (QED) is 0.569. The van der Waals surface area contributed by atoms with E-state index in [-0.39, 0.29) is 7.41 Å². The molecule has 0 saturated carbocycles. The maximum Gasteiger partial charge on any atom is 0.340 e. The Morgan fingerprint density at radius 1 is 1.30 bits per heavy atom. The summed E-state index contributed by atoms with van der Waals surface area (Å²) in [4.78, 5) is 12.2. The molecule has 1 aliphatic rings. The largest absolute Gasteiger partial charge is 0.488 e. The highest BCUT2D eigenvalue weighted by atomic mass is 16.4. The lowest BCUT2D eigenvalue weighted by atomic mass is 9.89. The molecule has 0 atom stereocenters. The third-order valence-corrected chi connectivity index (χ3v) is 1.81. The first-order valence-corrected chi connectivity index (χ1v) is 3.73. The molecule has 0 aromatic heterocycles. The van der Waals surface area contributed by atoms with Crippen LogP contribution in [0.5, 0.6) is 0 Å². The molecule has 1 fully saturated rings. The zero-order valence-corrected chi connectivity index (χ0v) is 6.05. The smallest absolute Gasteiger partial charge is 0.340 e. The van der Waals surface area contributed by atoms with Gasteiger partial charge in [0.25, 0.3) is 5.87 Å². The van der Waals surface area contributed by atoms with Gasteiger partial charge in [0.2, 0.25) is 0 Å². The Hall–Kier alpha value is -0.505. The van der Waals surface area contributed by atoms with E-state index in [1.807, 2.05) is 4.81 Å². The summed E-state index contributed by atoms with van der Waals surface area (Å²) in [5.41, 5.74) is 0. The summed E-state index contributed by atoms with van der Waals surface area (Å²) < 4.78 is 0. The molecule has 1 N–H and O–H groups in total. The average molecular weight is 141 g/mol. The minimum absolute atomic E-state index is 0.222. The number of rotatable bonds is 2. The normalized spacial score (nSPS) is 20.4. The summed E-state index contributed by atoms with van der Waals surface area (Å²) in [6.07, 6.45) is 3.58. The van der Waals surface area contributed by atoms with E-state index < -0.39 is 5.87 Å². The minimum atomic E-state index is -0.707. The van der Waals surface area contributed by atoms with Crippen LogP contribution in [-0.4, -0.2) is 36.3 Å². The van der Waals surface area contributed by atoms with Crippen LogP contribution in [-0.2, 0) is 0 Å². The van der Waals surface area contributed by atoms with Gasteiger partial charge in [0.1, 0.15) is 0 Å². The SMILES string of the molecule is O=C(O)BN1CCCCC1. The summed E-state index contributed by atoms with van der Waals surface area (Å²) in [6, 6.07) is 0. The van der Waals surface area contributed by atoms with Gasteiger partial charge in [-0.3, -0.25) is 4.79 Å². The molecule has 1 saturated heterocycles. The molecule has 10 heavy (non-hydrogen) atoms. The van der Waals surface area contributed by atoms with Crippen molar-refractivity contribution in [3.05, 3.63) is 0 Å². The average Bonchev–Trinajstić information content (AvgIpc) is 1.88. The highest BCUT2D eigenvalue weighted by Crippen LogP contribution is 2.06. The maximum atomic E-state index is 10.2. The van der Waals surface area contributed by atoms with Crippen LogP contribution in [0.2, 0.25) is 0 Å². The fourth-order valence-electron chi connectivity index (χ4n) is 1.31. The van der Waals surface area contributed by atoms with Crippen molar-refractivity contribution in [3.8, 4) is 0 Å². The van der Waals surface area contributed by atoms with Crippen LogP contribution in [0.15, 0.2) is 0 Å². The molecule has 1 rings (SSSR count). The summed E-state index contributed by atoms with van der Waals surface area (Å²) in [7, 11) is 0.222. The summed E-state index contributed by atoms with van der Waals surface area (Å²) in [5, 5.41) is 8.42. The number of hydrogen-bond acceptors (Lipinski definition) is 2. The molecular weight excluding hydrogens is 129 g/mol. The molecule has 1 heterocycles. The molecule has 0 aromatic carbocycles. The van der Waals surface area contributed by atoms with Crippen molar-refractivity contribution in [1.82, 2.24) is 4.81 Å². The van der Waals surface area contributed by atoms with Crippen molar-refractivity contribution < 1.29 is 9.90 Å². The maximum absolute atomic E-state index is 10.2. The lowest BCUT2D eigenvalue weighted by Crippen LogP contribution is -2.36. The van der Waals surface area contributed by atoms with Crippen molar-refractivity contribution in [1.29, 1.82) is 0 Å². The summed E-state index contributed by atoms with van der Waals surface area (Å²) in [6.45, 7) is 1.93. The molecule has 4 heteroatoms. The standard InChI is InChI=1S/C6H12BNO2/c9-6(10)7-8-4-2-1-3-5-8/h7H,1-5H2,(H,9,10). The predicted molar refractivity (Wildman–Crippen MR) is 40.6 cm³/mol. The second-order valence-corrected chi connectivity index (χ2v) is 2.73. The zero-order valence-electron chi connectivity index (χ0n) is 6.05. The van der Waals surface area contributed by atoms with Crippen LogP contribution in [0, 0.1) is 0 Å². The number of carbonyl (C=O) groups is 1. The number of hydrogen-bond donors (Lipinski definition) is 1. The fraction of sp³-hybridized carbons (Fsp3) is 0.833. The van der Waals surface area contributed by atoms with E-state index in [0.717, 1.165) is 25.9 Å². The van der Waals surface area contributed by atoms with E-state index in [4.69, 9.17) is 5.11 Å². The number of nitrogens with zero attached hydrogens (tertiary/aromatic N) is 1. The molecule has 0 aromatic rings. The van der Waals surface area contributed by atoms with Crippen LogP contribution in [0.1, 0.15) is 19.3 Å². The Balaban J connectivity index is 2.19. The number of carboxylic acid groups (broad SMARTS) is 1.